The molecule has 1 fully saturated rings. The zero-order valence-corrected chi connectivity index (χ0v) is 11.1. The molecule has 0 radical (unpaired) electrons. The van der Waals surface area contributed by atoms with Gasteiger partial charge in [-0.2, -0.15) is 0 Å². The highest BCUT2D eigenvalue weighted by molar-refractivity contribution is 7.99. The van der Waals surface area contributed by atoms with Crippen molar-refractivity contribution in [3.05, 3.63) is 0 Å². The normalized spacial score (nSPS) is 18.6. The SMILES string of the molecule is COC(=O)CCN(C)C(=O)N1CSCC1C(=O)O. The Labute approximate surface area is 109 Å². The van der Waals surface area contributed by atoms with Gasteiger partial charge in [0.25, 0.3) is 0 Å². The van der Waals surface area contributed by atoms with E-state index in [1.54, 1.807) is 0 Å². The van der Waals surface area contributed by atoms with Gasteiger partial charge in [-0.25, -0.2) is 9.59 Å². The minimum atomic E-state index is -1.00. The van der Waals surface area contributed by atoms with Crippen LogP contribution in [0.3, 0.4) is 0 Å². The Morgan fingerprint density at radius 3 is 2.72 bits per heavy atom. The second kappa shape index (κ2) is 6.48. The molecule has 1 rings (SSSR count). The molecule has 1 aliphatic heterocycles. The summed E-state index contributed by atoms with van der Waals surface area (Å²) in [5.41, 5.74) is 0. The van der Waals surface area contributed by atoms with Gasteiger partial charge < -0.3 is 19.6 Å². The second-order valence-electron chi connectivity index (χ2n) is 3.85. The Balaban J connectivity index is 2.52. The van der Waals surface area contributed by atoms with E-state index in [2.05, 4.69) is 4.74 Å². The van der Waals surface area contributed by atoms with E-state index in [4.69, 9.17) is 5.11 Å². The largest absolute Gasteiger partial charge is 0.480 e. The third-order valence-corrected chi connectivity index (χ3v) is 3.63. The van der Waals surface area contributed by atoms with Gasteiger partial charge in [0, 0.05) is 19.3 Å². The fraction of sp³-hybridized carbons (Fsp3) is 0.700. The van der Waals surface area contributed by atoms with E-state index in [1.807, 2.05) is 0 Å². The Morgan fingerprint density at radius 2 is 2.17 bits per heavy atom. The number of hydrogen-bond acceptors (Lipinski definition) is 5. The van der Waals surface area contributed by atoms with Crippen LogP contribution in [0.1, 0.15) is 6.42 Å². The summed E-state index contributed by atoms with van der Waals surface area (Å²) in [6, 6.07) is -1.17. The van der Waals surface area contributed by atoms with Crippen LogP contribution in [-0.2, 0) is 14.3 Å². The molecule has 0 aromatic heterocycles. The first-order valence-corrected chi connectivity index (χ1v) is 6.52. The monoisotopic (exact) mass is 276 g/mol. The van der Waals surface area contributed by atoms with Crippen molar-refractivity contribution in [1.29, 1.82) is 0 Å². The molecular formula is C10H16N2O5S. The van der Waals surface area contributed by atoms with E-state index in [9.17, 15) is 14.4 Å². The fourth-order valence-corrected chi connectivity index (χ4v) is 2.65. The number of thioether (sulfide) groups is 1. The van der Waals surface area contributed by atoms with E-state index < -0.39 is 18.0 Å². The smallest absolute Gasteiger partial charge is 0.327 e. The lowest BCUT2D eigenvalue weighted by molar-refractivity contribution is -0.142. The summed E-state index contributed by atoms with van der Waals surface area (Å²) in [5.74, 6) is -0.653. The third-order valence-electron chi connectivity index (χ3n) is 2.62. The number of esters is 1. The molecule has 1 atom stereocenters. The number of methoxy groups -OCH3 is 1. The minimum absolute atomic E-state index is 0.0947. The molecule has 2 amide bonds. The van der Waals surface area contributed by atoms with E-state index in [0.717, 1.165) is 0 Å². The molecule has 0 bridgehead atoms. The first-order chi connectivity index (χ1) is 8.47. The topological polar surface area (TPSA) is 87.2 Å². The van der Waals surface area contributed by atoms with Crippen LogP contribution in [0, 0.1) is 0 Å². The molecular weight excluding hydrogens is 260 g/mol. The fourth-order valence-electron chi connectivity index (χ4n) is 1.51. The van der Waals surface area contributed by atoms with E-state index in [-0.39, 0.29) is 19.0 Å². The molecule has 1 heterocycles. The van der Waals surface area contributed by atoms with Gasteiger partial charge in [0.15, 0.2) is 0 Å². The average molecular weight is 276 g/mol. The van der Waals surface area contributed by atoms with E-state index in [1.165, 1.54) is 35.7 Å². The molecule has 0 spiro atoms. The maximum atomic E-state index is 12.0. The summed E-state index contributed by atoms with van der Waals surface area (Å²) in [5, 5.41) is 8.97. The molecule has 0 aromatic carbocycles. The molecule has 1 unspecified atom stereocenters. The number of hydrogen-bond donors (Lipinski definition) is 1. The van der Waals surface area contributed by atoms with Gasteiger partial charge >= 0.3 is 18.0 Å². The molecule has 18 heavy (non-hydrogen) atoms. The Morgan fingerprint density at radius 1 is 1.50 bits per heavy atom. The van der Waals surface area contributed by atoms with Crippen LogP contribution in [0.15, 0.2) is 0 Å². The van der Waals surface area contributed by atoms with Crippen molar-refractivity contribution in [2.24, 2.45) is 0 Å². The van der Waals surface area contributed by atoms with Crippen molar-refractivity contribution in [2.75, 3.05) is 32.3 Å². The first-order valence-electron chi connectivity index (χ1n) is 5.36. The van der Waals surface area contributed by atoms with Crippen molar-refractivity contribution >= 4 is 29.7 Å². The van der Waals surface area contributed by atoms with Crippen LogP contribution in [0.25, 0.3) is 0 Å². The summed E-state index contributed by atoms with van der Waals surface area (Å²) in [4.78, 5) is 36.5. The number of carboxylic acids is 1. The molecule has 1 saturated heterocycles. The van der Waals surface area contributed by atoms with Gasteiger partial charge in [-0.15, -0.1) is 11.8 Å². The highest BCUT2D eigenvalue weighted by Crippen LogP contribution is 2.22. The number of carboxylic acid groups (broad SMARTS) is 1. The number of ether oxygens (including phenoxy) is 1. The molecule has 1 aliphatic rings. The van der Waals surface area contributed by atoms with Gasteiger partial charge in [-0.1, -0.05) is 0 Å². The van der Waals surface area contributed by atoms with Crippen molar-refractivity contribution in [2.45, 2.75) is 12.5 Å². The van der Waals surface area contributed by atoms with Crippen LogP contribution in [-0.4, -0.2) is 71.2 Å². The van der Waals surface area contributed by atoms with E-state index in [0.29, 0.717) is 11.6 Å². The summed E-state index contributed by atoms with van der Waals surface area (Å²) >= 11 is 1.40. The number of aliphatic carboxylic acids is 1. The standard InChI is InChI=1S/C10H16N2O5S/c1-11(4-3-8(13)17-2)10(16)12-6-18-5-7(12)9(14)15/h7H,3-6H2,1-2H3,(H,14,15). The summed E-state index contributed by atoms with van der Waals surface area (Å²) in [6.07, 6.45) is 0.0947. The molecule has 8 heteroatoms. The lowest BCUT2D eigenvalue weighted by Crippen LogP contribution is -2.47. The Hall–Kier alpha value is -1.44. The quantitative estimate of drug-likeness (QED) is 0.731. The van der Waals surface area contributed by atoms with Crippen LogP contribution in [0.5, 0.6) is 0 Å². The molecule has 1 N–H and O–H groups in total. The predicted octanol–water partition coefficient (Wildman–Crippen LogP) is 0.0608. The minimum Gasteiger partial charge on any atom is -0.480 e. The average Bonchev–Trinajstić information content (AvgIpc) is 2.83. The lowest BCUT2D eigenvalue weighted by atomic mass is 10.3. The van der Waals surface area contributed by atoms with Gasteiger partial charge in [0.2, 0.25) is 0 Å². The van der Waals surface area contributed by atoms with Gasteiger partial charge in [0.1, 0.15) is 6.04 Å². The van der Waals surface area contributed by atoms with Crippen molar-refractivity contribution in [3.8, 4) is 0 Å². The molecule has 102 valence electrons. The Kier molecular flexibility index (Phi) is 5.26. The number of urea groups is 1. The number of carbonyl (C=O) groups is 3. The number of nitrogens with zero attached hydrogens (tertiary/aromatic N) is 2. The molecule has 7 nitrogen and oxygen atoms in total. The van der Waals surface area contributed by atoms with Gasteiger partial charge in [0.05, 0.1) is 19.4 Å². The second-order valence-corrected chi connectivity index (χ2v) is 4.85. The van der Waals surface area contributed by atoms with Gasteiger partial charge in [-0.3, -0.25) is 4.79 Å². The third kappa shape index (κ3) is 3.52. The number of rotatable bonds is 4. The van der Waals surface area contributed by atoms with Gasteiger partial charge in [-0.05, 0) is 0 Å². The predicted molar refractivity (Wildman–Crippen MR) is 65.2 cm³/mol. The van der Waals surface area contributed by atoms with Crippen LogP contribution in [0.4, 0.5) is 4.79 Å². The van der Waals surface area contributed by atoms with Crippen LogP contribution >= 0.6 is 11.8 Å². The first kappa shape index (κ1) is 14.6. The zero-order chi connectivity index (χ0) is 13.7. The van der Waals surface area contributed by atoms with Crippen molar-refractivity contribution in [3.63, 3.8) is 0 Å². The summed E-state index contributed by atoms with van der Waals surface area (Å²) < 4.78 is 4.48. The van der Waals surface area contributed by atoms with Crippen LogP contribution < -0.4 is 0 Å². The van der Waals surface area contributed by atoms with Crippen LogP contribution in [0.2, 0.25) is 0 Å². The van der Waals surface area contributed by atoms with Crippen molar-refractivity contribution < 1.29 is 24.2 Å². The Bertz CT molecular complexity index is 349. The number of carbonyl (C=O) groups excluding carboxylic acids is 2. The highest BCUT2D eigenvalue weighted by Gasteiger charge is 2.35. The highest BCUT2D eigenvalue weighted by atomic mass is 32.2. The lowest BCUT2D eigenvalue weighted by Gasteiger charge is -2.26. The summed E-state index contributed by atoms with van der Waals surface area (Å²) in [7, 11) is 2.81. The number of amides is 2. The zero-order valence-electron chi connectivity index (χ0n) is 10.3. The maximum absolute atomic E-state index is 12.0. The summed E-state index contributed by atoms with van der Waals surface area (Å²) in [6.45, 7) is 0.207. The van der Waals surface area contributed by atoms with E-state index >= 15 is 0 Å². The molecule has 0 aliphatic carbocycles. The maximum Gasteiger partial charge on any atom is 0.327 e. The molecule has 0 aromatic rings. The molecule has 0 saturated carbocycles. The van der Waals surface area contributed by atoms with Crippen molar-refractivity contribution in [1.82, 2.24) is 9.80 Å².